The van der Waals surface area contributed by atoms with Gasteiger partial charge in [-0.15, -0.1) is 10.2 Å². The van der Waals surface area contributed by atoms with Crippen molar-refractivity contribution in [3.05, 3.63) is 11.6 Å². The predicted octanol–water partition coefficient (Wildman–Crippen LogP) is 0.961. The van der Waals surface area contributed by atoms with Crippen molar-refractivity contribution in [1.82, 2.24) is 15.5 Å². The van der Waals surface area contributed by atoms with Crippen molar-refractivity contribution in [3.8, 4) is 11.8 Å². The van der Waals surface area contributed by atoms with Gasteiger partial charge in [0, 0.05) is 11.6 Å². The minimum atomic E-state index is 0.487. The van der Waals surface area contributed by atoms with Crippen LogP contribution in [0.15, 0.2) is 6.07 Å². The molecule has 0 amide bonds. The molecule has 1 N–H and O–H groups in total. The highest BCUT2D eigenvalue weighted by atomic mass is 16.5. The van der Waals surface area contributed by atoms with Crippen LogP contribution in [0.2, 0.25) is 0 Å². The Kier molecular flexibility index (Phi) is 3.56. The van der Waals surface area contributed by atoms with Crippen LogP contribution in [0.25, 0.3) is 0 Å². The van der Waals surface area contributed by atoms with E-state index in [1.807, 2.05) is 6.07 Å². The van der Waals surface area contributed by atoms with E-state index in [1.54, 1.807) is 14.2 Å². The van der Waals surface area contributed by atoms with Gasteiger partial charge in [-0.3, -0.25) is 0 Å². The molecule has 2 rings (SSSR count). The van der Waals surface area contributed by atoms with Crippen molar-refractivity contribution in [2.75, 3.05) is 27.3 Å². The lowest BCUT2D eigenvalue weighted by Crippen LogP contribution is -2.27. The molecule has 0 bridgehead atoms. The molecule has 0 spiro atoms. The van der Waals surface area contributed by atoms with Crippen LogP contribution >= 0.6 is 0 Å². The number of nitrogens with zero attached hydrogens (tertiary/aromatic N) is 2. The lowest BCUT2D eigenvalue weighted by molar-refractivity contribution is 0.352. The van der Waals surface area contributed by atoms with Crippen molar-refractivity contribution in [2.24, 2.45) is 0 Å². The molecule has 0 aliphatic carbocycles. The fourth-order valence-corrected chi connectivity index (χ4v) is 2.06. The molecule has 0 aromatic carbocycles. The summed E-state index contributed by atoms with van der Waals surface area (Å²) in [6, 6.07) is 1.93. The van der Waals surface area contributed by atoms with E-state index in [4.69, 9.17) is 9.47 Å². The zero-order chi connectivity index (χ0) is 11.4. The first-order valence-electron chi connectivity index (χ1n) is 5.51. The first-order valence-corrected chi connectivity index (χ1v) is 5.51. The zero-order valence-corrected chi connectivity index (χ0v) is 9.69. The molecule has 0 radical (unpaired) electrons. The average Bonchev–Trinajstić information content (AvgIpc) is 2.39. The Labute approximate surface area is 95.2 Å². The number of methoxy groups -OCH3 is 2. The molecule has 16 heavy (non-hydrogen) atoms. The van der Waals surface area contributed by atoms with Gasteiger partial charge in [0.05, 0.1) is 14.2 Å². The van der Waals surface area contributed by atoms with Gasteiger partial charge in [0.1, 0.15) is 0 Å². The van der Waals surface area contributed by atoms with E-state index < -0.39 is 0 Å². The summed E-state index contributed by atoms with van der Waals surface area (Å²) in [5.74, 6) is 1.66. The van der Waals surface area contributed by atoms with Crippen LogP contribution in [-0.4, -0.2) is 37.5 Å². The molecule has 1 saturated heterocycles. The topological polar surface area (TPSA) is 56.3 Å². The van der Waals surface area contributed by atoms with Crippen molar-refractivity contribution in [3.63, 3.8) is 0 Å². The third-order valence-electron chi connectivity index (χ3n) is 2.95. The van der Waals surface area contributed by atoms with Gasteiger partial charge in [-0.25, -0.2) is 0 Å². The summed E-state index contributed by atoms with van der Waals surface area (Å²) in [5.41, 5.74) is 1.11. The first kappa shape index (κ1) is 11.1. The van der Waals surface area contributed by atoms with E-state index in [2.05, 4.69) is 15.5 Å². The fraction of sp³-hybridized carbons (Fsp3) is 0.636. The molecule has 5 heteroatoms. The highest BCUT2D eigenvalue weighted by Crippen LogP contribution is 2.32. The van der Waals surface area contributed by atoms with Gasteiger partial charge in [0.25, 0.3) is 0 Å². The SMILES string of the molecule is COc1cc(C2CCNCC2)c(OC)nn1. The minimum absolute atomic E-state index is 0.487. The monoisotopic (exact) mass is 223 g/mol. The lowest BCUT2D eigenvalue weighted by Gasteiger charge is -2.23. The highest BCUT2D eigenvalue weighted by molar-refractivity contribution is 5.32. The minimum Gasteiger partial charge on any atom is -0.480 e. The molecule has 1 aliphatic heterocycles. The molecule has 88 valence electrons. The number of piperidine rings is 1. The predicted molar refractivity (Wildman–Crippen MR) is 60.0 cm³/mol. The van der Waals surface area contributed by atoms with E-state index in [0.29, 0.717) is 17.7 Å². The maximum atomic E-state index is 5.25. The van der Waals surface area contributed by atoms with Gasteiger partial charge in [0.15, 0.2) is 0 Å². The van der Waals surface area contributed by atoms with Crippen molar-refractivity contribution in [2.45, 2.75) is 18.8 Å². The van der Waals surface area contributed by atoms with Crippen molar-refractivity contribution < 1.29 is 9.47 Å². The van der Waals surface area contributed by atoms with Gasteiger partial charge in [-0.05, 0) is 31.8 Å². The average molecular weight is 223 g/mol. The summed E-state index contributed by atoms with van der Waals surface area (Å²) in [7, 11) is 3.23. The molecule has 5 nitrogen and oxygen atoms in total. The van der Waals surface area contributed by atoms with Crippen LogP contribution in [0.3, 0.4) is 0 Å². The molecule has 1 aliphatic rings. The summed E-state index contributed by atoms with van der Waals surface area (Å²) < 4.78 is 10.3. The Hall–Kier alpha value is -1.36. The Morgan fingerprint density at radius 1 is 1.19 bits per heavy atom. The maximum absolute atomic E-state index is 5.25. The molecule has 0 atom stereocenters. The summed E-state index contributed by atoms with van der Waals surface area (Å²) in [6.07, 6.45) is 2.20. The van der Waals surface area contributed by atoms with E-state index in [0.717, 1.165) is 31.5 Å². The van der Waals surface area contributed by atoms with E-state index in [-0.39, 0.29) is 0 Å². The third-order valence-corrected chi connectivity index (χ3v) is 2.95. The van der Waals surface area contributed by atoms with Crippen LogP contribution in [0.1, 0.15) is 24.3 Å². The molecule has 0 unspecified atom stereocenters. The molecular formula is C11H17N3O2. The molecule has 1 aromatic rings. The van der Waals surface area contributed by atoms with Gasteiger partial charge in [-0.2, -0.15) is 0 Å². The Balaban J connectivity index is 2.27. The Morgan fingerprint density at radius 2 is 1.94 bits per heavy atom. The maximum Gasteiger partial charge on any atom is 0.236 e. The van der Waals surface area contributed by atoms with Gasteiger partial charge < -0.3 is 14.8 Å². The standard InChI is InChI=1S/C11H17N3O2/c1-15-10-7-9(11(16-2)14-13-10)8-3-5-12-6-4-8/h7-8,12H,3-6H2,1-2H3. The number of rotatable bonds is 3. The molecule has 2 heterocycles. The summed E-state index contributed by atoms with van der Waals surface area (Å²) in [5, 5.41) is 11.3. The number of ether oxygens (including phenoxy) is 2. The van der Waals surface area contributed by atoms with Gasteiger partial charge in [0.2, 0.25) is 11.8 Å². The van der Waals surface area contributed by atoms with Crippen molar-refractivity contribution >= 4 is 0 Å². The van der Waals surface area contributed by atoms with Crippen LogP contribution in [-0.2, 0) is 0 Å². The highest BCUT2D eigenvalue weighted by Gasteiger charge is 2.21. The number of nitrogens with one attached hydrogen (secondary N) is 1. The second-order valence-electron chi connectivity index (χ2n) is 3.88. The lowest BCUT2D eigenvalue weighted by atomic mass is 9.91. The number of aromatic nitrogens is 2. The smallest absolute Gasteiger partial charge is 0.236 e. The van der Waals surface area contributed by atoms with E-state index in [1.165, 1.54) is 0 Å². The molecule has 0 saturated carbocycles. The van der Waals surface area contributed by atoms with Crippen molar-refractivity contribution in [1.29, 1.82) is 0 Å². The van der Waals surface area contributed by atoms with Crippen LogP contribution < -0.4 is 14.8 Å². The summed E-state index contributed by atoms with van der Waals surface area (Å²) in [4.78, 5) is 0. The quantitative estimate of drug-likeness (QED) is 0.827. The van der Waals surface area contributed by atoms with Crippen LogP contribution in [0, 0.1) is 0 Å². The normalized spacial score (nSPS) is 17.1. The van der Waals surface area contributed by atoms with Crippen LogP contribution in [0.4, 0.5) is 0 Å². The fourth-order valence-electron chi connectivity index (χ4n) is 2.06. The number of hydrogen-bond donors (Lipinski definition) is 1. The molecular weight excluding hydrogens is 206 g/mol. The summed E-state index contributed by atoms with van der Waals surface area (Å²) >= 11 is 0. The van der Waals surface area contributed by atoms with Gasteiger partial charge >= 0.3 is 0 Å². The Bertz CT molecular complexity index is 351. The second kappa shape index (κ2) is 5.12. The largest absolute Gasteiger partial charge is 0.480 e. The molecule has 1 aromatic heterocycles. The molecule has 1 fully saturated rings. The van der Waals surface area contributed by atoms with E-state index in [9.17, 15) is 0 Å². The number of hydrogen-bond acceptors (Lipinski definition) is 5. The summed E-state index contributed by atoms with van der Waals surface area (Å²) in [6.45, 7) is 2.08. The first-order chi connectivity index (χ1) is 7.85. The van der Waals surface area contributed by atoms with Crippen LogP contribution in [0.5, 0.6) is 11.8 Å². The second-order valence-corrected chi connectivity index (χ2v) is 3.88. The van der Waals surface area contributed by atoms with Gasteiger partial charge in [-0.1, -0.05) is 0 Å². The Morgan fingerprint density at radius 3 is 2.56 bits per heavy atom. The van der Waals surface area contributed by atoms with E-state index >= 15 is 0 Å². The zero-order valence-electron chi connectivity index (χ0n) is 9.69. The third kappa shape index (κ3) is 2.24.